The summed E-state index contributed by atoms with van der Waals surface area (Å²) in [5, 5.41) is 6.15. The Bertz CT molecular complexity index is 946. The lowest BCUT2D eigenvalue weighted by Gasteiger charge is -2.02. The number of aryl methyl sites for hydroxylation is 1. The molecule has 3 aromatic rings. The molecule has 0 aliphatic carbocycles. The van der Waals surface area contributed by atoms with Crippen molar-refractivity contribution >= 4 is 18.3 Å². The summed E-state index contributed by atoms with van der Waals surface area (Å²) in [6.07, 6.45) is 2.44. The molecule has 0 radical (unpaired) electrons. The van der Waals surface area contributed by atoms with E-state index in [-0.39, 0.29) is 11.5 Å². The van der Waals surface area contributed by atoms with Crippen LogP contribution in [-0.2, 0) is 11.2 Å². The molecule has 2 aromatic carbocycles. The highest BCUT2D eigenvalue weighted by molar-refractivity contribution is 6.09. The first-order valence-electron chi connectivity index (χ1n) is 8.05. The number of amides is 1. The van der Waals surface area contributed by atoms with E-state index in [4.69, 9.17) is 4.52 Å². The molecule has 26 heavy (non-hydrogen) atoms. The summed E-state index contributed by atoms with van der Waals surface area (Å²) in [5.74, 6) is -0.270. The van der Waals surface area contributed by atoms with E-state index in [0.29, 0.717) is 18.7 Å². The Morgan fingerprint density at radius 1 is 1.15 bits per heavy atom. The van der Waals surface area contributed by atoms with Crippen LogP contribution in [0.5, 0.6) is 0 Å². The summed E-state index contributed by atoms with van der Waals surface area (Å²) in [6, 6.07) is 17.1. The smallest absolute Gasteiger partial charge is 0.250 e. The lowest BCUT2D eigenvalue weighted by Crippen LogP contribution is -2.20. The van der Waals surface area contributed by atoms with Crippen molar-refractivity contribution in [2.24, 2.45) is 0 Å². The normalized spacial score (nSPS) is 11.2. The molecule has 1 N–H and O–H groups in total. The summed E-state index contributed by atoms with van der Waals surface area (Å²) in [5.41, 5.74) is 2.99. The number of allylic oxidation sites excluding steroid dienone is 1. The summed E-state index contributed by atoms with van der Waals surface area (Å²) in [4.78, 5) is 27.6. The van der Waals surface area contributed by atoms with Crippen LogP contribution in [0, 0.1) is 6.92 Å². The maximum Gasteiger partial charge on any atom is 0.250 e. The molecule has 0 spiro atoms. The van der Waals surface area contributed by atoms with Gasteiger partial charge in [-0.3, -0.25) is 9.59 Å². The monoisotopic (exact) mass is 347 g/mol. The molecule has 0 saturated heterocycles. The molecule has 0 atom stereocenters. The van der Waals surface area contributed by atoms with Crippen LogP contribution in [0.4, 0.5) is 0 Å². The van der Waals surface area contributed by atoms with Crippen LogP contribution in [0.3, 0.4) is 0 Å². The van der Waals surface area contributed by atoms with E-state index in [1.807, 2.05) is 61.5 Å². The fourth-order valence-electron chi connectivity index (χ4n) is 2.49. The number of nitrogens with one attached hydrogen (secondary N) is 1. The molecule has 1 amide bonds. The molecule has 0 saturated carbocycles. The Labute approximate surface area is 150 Å². The van der Waals surface area contributed by atoms with E-state index < -0.39 is 5.78 Å². The zero-order chi connectivity index (χ0) is 18.4. The molecule has 6 heteroatoms. The molecular formula is C20H17N3O3. The van der Waals surface area contributed by atoms with Gasteiger partial charge in [-0.1, -0.05) is 65.3 Å². The number of ketones is 1. The Kier molecular flexibility index (Phi) is 5.34. The number of carbonyl (C=O) groups excluding carboxylic acids is 2. The average molecular weight is 347 g/mol. The second kappa shape index (κ2) is 8.02. The van der Waals surface area contributed by atoms with Crippen LogP contribution in [-0.4, -0.2) is 22.3 Å². The van der Waals surface area contributed by atoms with Gasteiger partial charge in [0.05, 0.1) is 12.1 Å². The molecule has 6 nitrogen and oxygen atoms in total. The second-order valence-corrected chi connectivity index (χ2v) is 5.74. The minimum atomic E-state index is -0.514. The minimum absolute atomic E-state index is 0.0779. The molecule has 1 aromatic heterocycles. The van der Waals surface area contributed by atoms with Crippen LogP contribution in [0.2, 0.25) is 0 Å². The number of carbonyl (C=O) groups is 2. The Morgan fingerprint density at radius 3 is 2.69 bits per heavy atom. The van der Waals surface area contributed by atoms with Crippen molar-refractivity contribution in [2.45, 2.75) is 13.3 Å². The van der Waals surface area contributed by atoms with Crippen molar-refractivity contribution in [3.05, 3.63) is 88.7 Å². The standard InChI is InChI=1S/C20H17N3O3/c1-14-6-5-9-16(10-14)12-18-22-20(23-26-18)19(25)17(21-13-24)11-15-7-3-2-4-8-15/h2-11,13H,12H2,1H3,(H,21,24)/b17-11+. The van der Waals surface area contributed by atoms with E-state index in [1.165, 1.54) is 0 Å². The summed E-state index contributed by atoms with van der Waals surface area (Å²) in [6.45, 7) is 2.00. The molecule has 0 aliphatic heterocycles. The highest BCUT2D eigenvalue weighted by Crippen LogP contribution is 2.12. The first kappa shape index (κ1) is 17.3. The molecule has 0 fully saturated rings. The van der Waals surface area contributed by atoms with Gasteiger partial charge in [0.1, 0.15) is 0 Å². The number of nitrogens with zero attached hydrogens (tertiary/aromatic N) is 2. The van der Waals surface area contributed by atoms with Crippen LogP contribution >= 0.6 is 0 Å². The predicted octanol–water partition coefficient (Wildman–Crippen LogP) is 2.94. The number of aromatic nitrogens is 2. The quantitative estimate of drug-likeness (QED) is 0.403. The number of benzene rings is 2. The zero-order valence-corrected chi connectivity index (χ0v) is 14.2. The third kappa shape index (κ3) is 4.30. The van der Waals surface area contributed by atoms with Crippen molar-refractivity contribution in [2.75, 3.05) is 0 Å². The fraction of sp³-hybridized carbons (Fsp3) is 0.100. The van der Waals surface area contributed by atoms with Gasteiger partial charge < -0.3 is 9.84 Å². The van der Waals surface area contributed by atoms with Crippen LogP contribution < -0.4 is 5.32 Å². The van der Waals surface area contributed by atoms with Crippen LogP contribution in [0.15, 0.2) is 64.8 Å². The Balaban J connectivity index is 1.81. The average Bonchev–Trinajstić information content (AvgIpc) is 3.10. The third-order valence-electron chi connectivity index (χ3n) is 3.68. The predicted molar refractivity (Wildman–Crippen MR) is 96.2 cm³/mol. The van der Waals surface area contributed by atoms with E-state index in [2.05, 4.69) is 15.5 Å². The maximum atomic E-state index is 12.6. The number of hydrogen-bond donors (Lipinski definition) is 1. The first-order chi connectivity index (χ1) is 12.7. The van der Waals surface area contributed by atoms with Gasteiger partial charge in [-0.15, -0.1) is 0 Å². The zero-order valence-electron chi connectivity index (χ0n) is 14.2. The van der Waals surface area contributed by atoms with Crippen molar-refractivity contribution in [3.8, 4) is 0 Å². The number of Topliss-reactive ketones (excluding diaryl/α,β-unsaturated/α-hetero) is 1. The summed E-state index contributed by atoms with van der Waals surface area (Å²) >= 11 is 0. The molecule has 0 unspecified atom stereocenters. The van der Waals surface area contributed by atoms with Crippen LogP contribution in [0.25, 0.3) is 6.08 Å². The molecular weight excluding hydrogens is 330 g/mol. The largest absolute Gasteiger partial charge is 0.338 e. The van der Waals surface area contributed by atoms with Crippen molar-refractivity contribution in [1.29, 1.82) is 0 Å². The third-order valence-corrected chi connectivity index (χ3v) is 3.68. The van der Waals surface area contributed by atoms with Gasteiger partial charge in [-0.25, -0.2) is 0 Å². The molecule has 130 valence electrons. The van der Waals surface area contributed by atoms with Gasteiger partial charge in [-0.05, 0) is 24.1 Å². The maximum absolute atomic E-state index is 12.6. The molecule has 0 bridgehead atoms. The van der Waals surface area contributed by atoms with Gasteiger partial charge in [0, 0.05) is 0 Å². The van der Waals surface area contributed by atoms with E-state index in [0.717, 1.165) is 16.7 Å². The van der Waals surface area contributed by atoms with Crippen molar-refractivity contribution in [3.63, 3.8) is 0 Å². The first-order valence-corrected chi connectivity index (χ1v) is 8.05. The lowest BCUT2D eigenvalue weighted by atomic mass is 10.1. The molecule has 0 aliphatic rings. The van der Waals surface area contributed by atoms with Crippen molar-refractivity contribution in [1.82, 2.24) is 15.5 Å². The molecule has 1 heterocycles. The van der Waals surface area contributed by atoms with Gasteiger partial charge in [0.25, 0.3) is 0 Å². The Hall–Kier alpha value is -3.54. The summed E-state index contributed by atoms with van der Waals surface area (Å²) < 4.78 is 5.18. The van der Waals surface area contributed by atoms with Crippen LogP contribution in [0.1, 0.15) is 33.2 Å². The highest BCUT2D eigenvalue weighted by atomic mass is 16.5. The SMILES string of the molecule is Cc1cccc(Cc2nc(C(=O)/C(=C\c3ccccc3)NC=O)no2)c1. The number of hydrogen-bond acceptors (Lipinski definition) is 5. The Morgan fingerprint density at radius 2 is 1.96 bits per heavy atom. The van der Waals surface area contributed by atoms with E-state index >= 15 is 0 Å². The topological polar surface area (TPSA) is 85.1 Å². The van der Waals surface area contributed by atoms with Gasteiger partial charge in [-0.2, -0.15) is 4.98 Å². The van der Waals surface area contributed by atoms with E-state index in [1.54, 1.807) is 6.08 Å². The van der Waals surface area contributed by atoms with Crippen molar-refractivity contribution < 1.29 is 14.1 Å². The highest BCUT2D eigenvalue weighted by Gasteiger charge is 2.19. The van der Waals surface area contributed by atoms with Gasteiger partial charge in [0.2, 0.25) is 23.9 Å². The van der Waals surface area contributed by atoms with E-state index in [9.17, 15) is 9.59 Å². The minimum Gasteiger partial charge on any atom is -0.338 e. The fourth-order valence-corrected chi connectivity index (χ4v) is 2.49. The van der Waals surface area contributed by atoms with Gasteiger partial charge >= 0.3 is 0 Å². The van der Waals surface area contributed by atoms with Gasteiger partial charge in [0.15, 0.2) is 0 Å². The second-order valence-electron chi connectivity index (χ2n) is 5.74. The molecule has 3 rings (SSSR count). The summed E-state index contributed by atoms with van der Waals surface area (Å²) in [7, 11) is 0. The lowest BCUT2D eigenvalue weighted by molar-refractivity contribution is -0.108. The number of rotatable bonds is 7.